The Morgan fingerprint density at radius 3 is 2.60 bits per heavy atom. The van der Waals surface area contributed by atoms with Crippen molar-refractivity contribution < 1.29 is 9.53 Å². The molecule has 0 aliphatic heterocycles. The third kappa shape index (κ3) is 2.89. The number of hydrogen-bond donors (Lipinski definition) is 2. The van der Waals surface area contributed by atoms with Gasteiger partial charge in [-0.1, -0.05) is 30.1 Å². The lowest BCUT2D eigenvalue weighted by atomic mass is 10.2. The van der Waals surface area contributed by atoms with Crippen LogP contribution in [0.25, 0.3) is 0 Å². The quantitative estimate of drug-likeness (QED) is 0.907. The maximum absolute atomic E-state index is 12.2. The number of aryl methyl sites for hydroxylation is 1. The van der Waals surface area contributed by atoms with Gasteiger partial charge in [-0.15, -0.1) is 0 Å². The van der Waals surface area contributed by atoms with Crippen molar-refractivity contribution in [1.29, 1.82) is 0 Å². The minimum atomic E-state index is -0.324. The van der Waals surface area contributed by atoms with E-state index in [1.54, 1.807) is 6.20 Å². The third-order valence-electron chi connectivity index (χ3n) is 2.80. The first-order chi connectivity index (χ1) is 9.56. The summed E-state index contributed by atoms with van der Waals surface area (Å²) in [4.78, 5) is 12.2. The highest BCUT2D eigenvalue weighted by atomic mass is 35.5. The van der Waals surface area contributed by atoms with Gasteiger partial charge in [0, 0.05) is 11.1 Å². The minimum Gasteiger partial charge on any atom is -0.494 e. The molecular formula is C13H13Cl2N3O2. The summed E-state index contributed by atoms with van der Waals surface area (Å²) in [6.07, 6.45) is 2.43. The van der Waals surface area contributed by atoms with Crippen LogP contribution in [0.2, 0.25) is 10.0 Å². The average molecular weight is 314 g/mol. The molecule has 0 radical (unpaired) electrons. The van der Waals surface area contributed by atoms with Crippen LogP contribution in [0.15, 0.2) is 18.3 Å². The summed E-state index contributed by atoms with van der Waals surface area (Å²) in [5, 5.41) is 9.93. The van der Waals surface area contributed by atoms with Crippen LogP contribution in [0.3, 0.4) is 0 Å². The molecule has 106 valence electrons. The SMILES string of the molecule is CCc1cn[nH]c1NC(=O)c1cc(Cl)c(OC)c(Cl)c1. The Kier molecular flexibility index (Phi) is 4.52. The fraction of sp³-hybridized carbons (Fsp3) is 0.231. The van der Waals surface area contributed by atoms with Gasteiger partial charge < -0.3 is 10.1 Å². The molecule has 0 saturated carbocycles. The molecule has 1 aromatic heterocycles. The van der Waals surface area contributed by atoms with E-state index in [4.69, 9.17) is 27.9 Å². The third-order valence-corrected chi connectivity index (χ3v) is 3.36. The van der Waals surface area contributed by atoms with Crippen LogP contribution in [0.1, 0.15) is 22.8 Å². The largest absolute Gasteiger partial charge is 0.494 e. The van der Waals surface area contributed by atoms with E-state index in [-0.39, 0.29) is 16.0 Å². The van der Waals surface area contributed by atoms with Gasteiger partial charge in [0.25, 0.3) is 5.91 Å². The number of benzene rings is 1. The van der Waals surface area contributed by atoms with E-state index in [1.165, 1.54) is 19.2 Å². The van der Waals surface area contributed by atoms with Crippen molar-refractivity contribution in [3.05, 3.63) is 39.5 Å². The van der Waals surface area contributed by atoms with Gasteiger partial charge in [0.2, 0.25) is 0 Å². The molecule has 1 heterocycles. The van der Waals surface area contributed by atoms with Crippen molar-refractivity contribution in [2.24, 2.45) is 0 Å². The maximum atomic E-state index is 12.2. The second kappa shape index (κ2) is 6.15. The number of nitrogens with zero attached hydrogens (tertiary/aromatic N) is 1. The number of rotatable bonds is 4. The zero-order valence-electron chi connectivity index (χ0n) is 11.0. The molecule has 0 unspecified atom stereocenters. The number of aromatic amines is 1. The predicted octanol–water partition coefficient (Wildman–Crippen LogP) is 3.54. The molecule has 2 N–H and O–H groups in total. The first kappa shape index (κ1) is 14.7. The Morgan fingerprint density at radius 1 is 1.40 bits per heavy atom. The Labute approximate surface area is 126 Å². The van der Waals surface area contributed by atoms with E-state index >= 15 is 0 Å². The predicted molar refractivity (Wildman–Crippen MR) is 78.9 cm³/mol. The lowest BCUT2D eigenvalue weighted by Crippen LogP contribution is -2.13. The van der Waals surface area contributed by atoms with Crippen LogP contribution in [0.5, 0.6) is 5.75 Å². The standard InChI is InChI=1S/C13H13Cl2N3O2/c1-3-7-6-16-18-12(7)17-13(19)8-4-9(14)11(20-2)10(15)5-8/h4-6H,3H2,1-2H3,(H2,16,17,18,19). The van der Waals surface area contributed by atoms with Crippen molar-refractivity contribution in [2.45, 2.75) is 13.3 Å². The highest BCUT2D eigenvalue weighted by Crippen LogP contribution is 2.34. The van der Waals surface area contributed by atoms with Crippen LogP contribution < -0.4 is 10.1 Å². The van der Waals surface area contributed by atoms with Crippen molar-refractivity contribution >= 4 is 34.9 Å². The molecule has 0 saturated heterocycles. The molecule has 0 fully saturated rings. The van der Waals surface area contributed by atoms with E-state index < -0.39 is 0 Å². The molecule has 5 nitrogen and oxygen atoms in total. The summed E-state index contributed by atoms with van der Waals surface area (Å²) in [5.74, 6) is 0.594. The van der Waals surface area contributed by atoms with E-state index in [0.717, 1.165) is 12.0 Å². The van der Waals surface area contributed by atoms with Crippen LogP contribution >= 0.6 is 23.2 Å². The first-order valence-corrected chi connectivity index (χ1v) is 6.69. The molecular weight excluding hydrogens is 301 g/mol. The Balaban J connectivity index is 2.26. The first-order valence-electron chi connectivity index (χ1n) is 5.93. The molecule has 2 aromatic rings. The monoisotopic (exact) mass is 313 g/mol. The van der Waals surface area contributed by atoms with Crippen LogP contribution in [-0.4, -0.2) is 23.2 Å². The number of hydrogen-bond acceptors (Lipinski definition) is 3. The Morgan fingerprint density at radius 2 is 2.05 bits per heavy atom. The van der Waals surface area contributed by atoms with Crippen molar-refractivity contribution in [2.75, 3.05) is 12.4 Å². The Hall–Kier alpha value is -1.72. The number of nitrogens with one attached hydrogen (secondary N) is 2. The van der Waals surface area contributed by atoms with Crippen LogP contribution in [-0.2, 0) is 6.42 Å². The lowest BCUT2D eigenvalue weighted by Gasteiger charge is -2.09. The highest BCUT2D eigenvalue weighted by Gasteiger charge is 2.15. The van der Waals surface area contributed by atoms with Gasteiger partial charge in [0.15, 0.2) is 5.75 Å². The van der Waals surface area contributed by atoms with Crippen LogP contribution in [0.4, 0.5) is 5.82 Å². The topological polar surface area (TPSA) is 67.0 Å². The number of aromatic nitrogens is 2. The van der Waals surface area contributed by atoms with Gasteiger partial charge in [-0.2, -0.15) is 5.10 Å². The molecule has 0 spiro atoms. The summed E-state index contributed by atoms with van der Waals surface area (Å²) < 4.78 is 5.04. The second-order valence-corrected chi connectivity index (χ2v) is 4.87. The number of methoxy groups -OCH3 is 1. The molecule has 20 heavy (non-hydrogen) atoms. The number of H-pyrrole nitrogens is 1. The molecule has 7 heteroatoms. The van der Waals surface area contributed by atoms with E-state index in [0.29, 0.717) is 17.1 Å². The number of amides is 1. The summed E-state index contributed by atoms with van der Waals surface area (Å²) >= 11 is 12.0. The summed E-state index contributed by atoms with van der Waals surface area (Å²) in [6, 6.07) is 3.01. The van der Waals surface area contributed by atoms with Gasteiger partial charge in [0.1, 0.15) is 5.82 Å². The normalized spacial score (nSPS) is 10.4. The molecule has 0 aliphatic rings. The fourth-order valence-electron chi connectivity index (χ4n) is 1.76. The molecule has 1 amide bonds. The smallest absolute Gasteiger partial charge is 0.256 e. The molecule has 0 bridgehead atoms. The zero-order chi connectivity index (χ0) is 14.7. The van der Waals surface area contributed by atoms with Crippen molar-refractivity contribution in [1.82, 2.24) is 10.2 Å². The molecule has 0 aliphatic carbocycles. The summed E-state index contributed by atoms with van der Waals surface area (Å²) in [6.45, 7) is 1.97. The second-order valence-electron chi connectivity index (χ2n) is 4.05. The molecule has 0 atom stereocenters. The number of halogens is 2. The van der Waals surface area contributed by atoms with Gasteiger partial charge >= 0.3 is 0 Å². The van der Waals surface area contributed by atoms with E-state index in [1.807, 2.05) is 6.92 Å². The van der Waals surface area contributed by atoms with E-state index in [2.05, 4.69) is 15.5 Å². The fourth-order valence-corrected chi connectivity index (χ4v) is 2.40. The average Bonchev–Trinajstić information content (AvgIpc) is 2.85. The van der Waals surface area contributed by atoms with Gasteiger partial charge in [-0.25, -0.2) is 0 Å². The maximum Gasteiger partial charge on any atom is 0.256 e. The minimum absolute atomic E-state index is 0.283. The van der Waals surface area contributed by atoms with Crippen molar-refractivity contribution in [3.63, 3.8) is 0 Å². The summed E-state index contributed by atoms with van der Waals surface area (Å²) in [5.41, 5.74) is 1.27. The molecule has 1 aromatic carbocycles. The van der Waals surface area contributed by atoms with E-state index in [9.17, 15) is 4.79 Å². The summed E-state index contributed by atoms with van der Waals surface area (Å²) in [7, 11) is 1.46. The Bertz CT molecular complexity index is 617. The zero-order valence-corrected chi connectivity index (χ0v) is 12.5. The number of ether oxygens (including phenoxy) is 1. The molecule has 2 rings (SSSR count). The highest BCUT2D eigenvalue weighted by molar-refractivity contribution is 6.37. The van der Waals surface area contributed by atoms with Gasteiger partial charge in [0.05, 0.1) is 23.4 Å². The van der Waals surface area contributed by atoms with Gasteiger partial charge in [-0.05, 0) is 18.6 Å². The number of anilines is 1. The lowest BCUT2D eigenvalue weighted by molar-refractivity contribution is 0.102. The van der Waals surface area contributed by atoms with Gasteiger partial charge in [-0.3, -0.25) is 9.89 Å². The number of carbonyl (C=O) groups excluding carboxylic acids is 1. The van der Waals surface area contributed by atoms with Crippen molar-refractivity contribution in [3.8, 4) is 5.75 Å². The van der Waals surface area contributed by atoms with Crippen LogP contribution in [0, 0.1) is 0 Å². The number of carbonyl (C=O) groups is 1.